The van der Waals surface area contributed by atoms with Crippen molar-refractivity contribution in [3.05, 3.63) is 92.7 Å². The summed E-state index contributed by atoms with van der Waals surface area (Å²) in [6.07, 6.45) is 0. The Morgan fingerprint density at radius 2 is 1.69 bits per heavy atom. The second-order valence-corrected chi connectivity index (χ2v) is 10.9. The molecule has 0 aliphatic heterocycles. The van der Waals surface area contributed by atoms with Crippen molar-refractivity contribution >= 4 is 81.1 Å². The van der Waals surface area contributed by atoms with Gasteiger partial charge in [0, 0.05) is 34.4 Å². The van der Waals surface area contributed by atoms with E-state index in [-0.39, 0.29) is 22.9 Å². The largest absolute Gasteiger partial charge is 0.378 e. The predicted molar refractivity (Wildman–Crippen MR) is 141 cm³/mol. The van der Waals surface area contributed by atoms with Crippen molar-refractivity contribution < 1.29 is 14.0 Å². The number of carbonyl (C=O) groups excluding carboxylic acids is 2. The molecule has 35 heavy (non-hydrogen) atoms. The summed E-state index contributed by atoms with van der Waals surface area (Å²) < 4.78 is 12.3. The fourth-order valence-electron chi connectivity index (χ4n) is 3.98. The molecule has 0 saturated heterocycles. The van der Waals surface area contributed by atoms with Crippen molar-refractivity contribution in [1.29, 1.82) is 0 Å². The van der Waals surface area contributed by atoms with E-state index in [0.29, 0.717) is 27.0 Å². The van der Waals surface area contributed by atoms with E-state index in [4.69, 9.17) is 58.0 Å². The third-order valence-corrected chi connectivity index (χ3v) is 7.51. The Morgan fingerprint density at radius 1 is 1.00 bits per heavy atom. The standard InChI is InChI=1S/C25H18Cl5FN2O2/c1-33(18-4-2-3-16(31)10-18)24(35)19-11-17(5-6-20(19)28)32-12-21(34)23-22(25(23,29)30)13-7-14(26)9-15(27)8-13/h2-11,22-23,32H,12H2,1H3. The minimum absolute atomic E-state index is 0.0777. The number of alkyl halides is 2. The van der Waals surface area contributed by atoms with Crippen LogP contribution in [0.2, 0.25) is 15.1 Å². The van der Waals surface area contributed by atoms with E-state index in [9.17, 15) is 14.0 Å². The highest BCUT2D eigenvalue weighted by molar-refractivity contribution is 6.53. The van der Waals surface area contributed by atoms with Gasteiger partial charge in [-0.2, -0.15) is 0 Å². The number of hydrogen-bond donors (Lipinski definition) is 1. The molecule has 1 aliphatic rings. The van der Waals surface area contributed by atoms with Gasteiger partial charge in [0.25, 0.3) is 5.91 Å². The zero-order chi connectivity index (χ0) is 25.5. The summed E-state index contributed by atoms with van der Waals surface area (Å²) in [5, 5.41) is 4.07. The van der Waals surface area contributed by atoms with Gasteiger partial charge in [-0.3, -0.25) is 9.59 Å². The van der Waals surface area contributed by atoms with Gasteiger partial charge in [0.05, 0.1) is 23.0 Å². The molecule has 1 N–H and O–H groups in total. The smallest absolute Gasteiger partial charge is 0.259 e. The highest BCUT2D eigenvalue weighted by atomic mass is 35.5. The van der Waals surface area contributed by atoms with Gasteiger partial charge in [-0.15, -0.1) is 23.2 Å². The maximum atomic E-state index is 13.6. The normalized spacial score (nSPS) is 18.1. The Kier molecular flexibility index (Phi) is 7.56. The maximum absolute atomic E-state index is 13.6. The molecule has 182 valence electrons. The van der Waals surface area contributed by atoms with E-state index >= 15 is 0 Å². The van der Waals surface area contributed by atoms with E-state index < -0.39 is 27.9 Å². The summed E-state index contributed by atoms with van der Waals surface area (Å²) in [5.41, 5.74) is 1.75. The molecule has 0 aromatic heterocycles. The molecule has 4 rings (SSSR count). The monoisotopic (exact) mass is 572 g/mol. The van der Waals surface area contributed by atoms with Gasteiger partial charge in [-0.05, 0) is 60.2 Å². The number of nitrogens with zero attached hydrogens (tertiary/aromatic N) is 1. The molecule has 4 nitrogen and oxygen atoms in total. The minimum atomic E-state index is -1.28. The molecule has 2 unspecified atom stereocenters. The van der Waals surface area contributed by atoms with Crippen LogP contribution in [0.25, 0.3) is 0 Å². The van der Waals surface area contributed by atoms with Gasteiger partial charge >= 0.3 is 0 Å². The van der Waals surface area contributed by atoms with Crippen LogP contribution in [0.15, 0.2) is 60.7 Å². The number of carbonyl (C=O) groups is 2. The van der Waals surface area contributed by atoms with Crippen molar-refractivity contribution in [3.8, 4) is 0 Å². The first-order valence-electron chi connectivity index (χ1n) is 10.4. The van der Waals surface area contributed by atoms with Gasteiger partial charge in [0.2, 0.25) is 0 Å². The van der Waals surface area contributed by atoms with Crippen LogP contribution in [0.5, 0.6) is 0 Å². The second kappa shape index (κ2) is 10.2. The van der Waals surface area contributed by atoms with Gasteiger partial charge < -0.3 is 10.2 Å². The number of ketones is 1. The molecule has 10 heteroatoms. The van der Waals surface area contributed by atoms with Crippen LogP contribution in [0, 0.1) is 11.7 Å². The maximum Gasteiger partial charge on any atom is 0.259 e. The molecule has 0 heterocycles. The van der Waals surface area contributed by atoms with Crippen molar-refractivity contribution in [3.63, 3.8) is 0 Å². The number of anilines is 2. The third kappa shape index (κ3) is 5.55. The zero-order valence-electron chi connectivity index (χ0n) is 18.2. The Bertz CT molecular complexity index is 1300. The first-order chi connectivity index (χ1) is 16.5. The molecule has 1 saturated carbocycles. The number of benzene rings is 3. The van der Waals surface area contributed by atoms with Gasteiger partial charge in [0.15, 0.2) is 5.78 Å². The molecule has 1 fully saturated rings. The SMILES string of the molecule is CN(C(=O)c1cc(NCC(=O)C2C(c3cc(Cl)cc(Cl)c3)C2(Cl)Cl)ccc1Cl)c1cccc(F)c1. The lowest BCUT2D eigenvalue weighted by atomic mass is 10.1. The second-order valence-electron chi connectivity index (χ2n) is 8.19. The summed E-state index contributed by atoms with van der Waals surface area (Å²) in [5.74, 6) is -2.21. The minimum Gasteiger partial charge on any atom is -0.378 e. The van der Waals surface area contributed by atoms with Crippen LogP contribution in [0.4, 0.5) is 15.8 Å². The van der Waals surface area contributed by atoms with Crippen LogP contribution < -0.4 is 10.2 Å². The lowest BCUT2D eigenvalue weighted by Gasteiger charge is -2.19. The van der Waals surface area contributed by atoms with Crippen molar-refractivity contribution in [2.75, 3.05) is 23.8 Å². The molecular formula is C25H18Cl5FN2O2. The van der Waals surface area contributed by atoms with Crippen LogP contribution in [-0.4, -0.2) is 29.6 Å². The summed E-state index contributed by atoms with van der Waals surface area (Å²) in [6, 6.07) is 15.3. The highest BCUT2D eigenvalue weighted by Gasteiger charge is 2.67. The third-order valence-electron chi connectivity index (χ3n) is 5.81. The topological polar surface area (TPSA) is 49.4 Å². The Morgan fingerprint density at radius 3 is 2.34 bits per heavy atom. The molecule has 0 spiro atoms. The molecule has 0 bridgehead atoms. The average molecular weight is 575 g/mol. The van der Waals surface area contributed by atoms with Gasteiger partial charge in [0.1, 0.15) is 10.2 Å². The number of nitrogens with one attached hydrogen (secondary N) is 1. The lowest BCUT2D eigenvalue weighted by molar-refractivity contribution is -0.118. The van der Waals surface area contributed by atoms with Crippen molar-refractivity contribution in [1.82, 2.24) is 0 Å². The Hall–Kier alpha value is -2.02. The van der Waals surface area contributed by atoms with Gasteiger partial charge in [-0.25, -0.2) is 4.39 Å². The van der Waals surface area contributed by atoms with E-state index in [2.05, 4.69) is 5.32 Å². The van der Waals surface area contributed by atoms with E-state index in [1.165, 1.54) is 36.2 Å². The number of amides is 1. The molecule has 0 radical (unpaired) electrons. The van der Waals surface area contributed by atoms with Crippen LogP contribution in [0.3, 0.4) is 0 Å². The fourth-order valence-corrected chi connectivity index (χ4v) is 5.59. The lowest BCUT2D eigenvalue weighted by Crippen LogP contribution is -2.26. The van der Waals surface area contributed by atoms with Crippen molar-refractivity contribution in [2.45, 2.75) is 10.3 Å². The molecule has 3 aromatic rings. The summed E-state index contributed by atoms with van der Waals surface area (Å²) in [4.78, 5) is 27.2. The first-order valence-corrected chi connectivity index (χ1v) is 12.3. The number of rotatable bonds is 7. The summed E-state index contributed by atoms with van der Waals surface area (Å²) in [6.45, 7) is -0.0777. The van der Waals surface area contributed by atoms with Gasteiger partial charge in [-0.1, -0.05) is 40.9 Å². The van der Waals surface area contributed by atoms with Crippen molar-refractivity contribution in [2.24, 2.45) is 5.92 Å². The van der Waals surface area contributed by atoms with E-state index in [1.807, 2.05) is 0 Å². The van der Waals surface area contributed by atoms with Crippen LogP contribution in [-0.2, 0) is 4.79 Å². The molecule has 3 aromatic carbocycles. The molecule has 2 atom stereocenters. The van der Waals surface area contributed by atoms with E-state index in [1.54, 1.807) is 36.4 Å². The highest BCUT2D eigenvalue weighted by Crippen LogP contribution is 2.65. The molecule has 1 amide bonds. The Labute approximate surface area is 226 Å². The average Bonchev–Trinajstić information content (AvgIpc) is 3.38. The zero-order valence-corrected chi connectivity index (χ0v) is 21.9. The number of Topliss-reactive ketones (excluding diaryl/α,β-unsaturated/α-hetero) is 1. The summed E-state index contributed by atoms with van der Waals surface area (Å²) in [7, 11) is 1.52. The van der Waals surface area contributed by atoms with Crippen LogP contribution >= 0.6 is 58.0 Å². The quantitative estimate of drug-likeness (QED) is 0.295. The summed E-state index contributed by atoms with van der Waals surface area (Å²) >= 11 is 31.2. The fraction of sp³-hybridized carbons (Fsp3) is 0.200. The molecular weight excluding hydrogens is 557 g/mol. The van der Waals surface area contributed by atoms with E-state index in [0.717, 1.165) is 0 Å². The number of hydrogen-bond acceptors (Lipinski definition) is 3. The number of halogens is 6. The predicted octanol–water partition coefficient (Wildman–Crippen LogP) is 7.63. The van der Waals surface area contributed by atoms with Crippen LogP contribution in [0.1, 0.15) is 21.8 Å². The Balaban J connectivity index is 1.46. The first kappa shape index (κ1) is 26.1. The molecule has 1 aliphatic carbocycles.